The zero-order chi connectivity index (χ0) is 19.9. The first-order chi connectivity index (χ1) is 13.5. The highest BCUT2D eigenvalue weighted by Crippen LogP contribution is 2.52. The largest absolute Gasteiger partial charge is 0.496 e. The lowest BCUT2D eigenvalue weighted by atomic mass is 9.85. The Morgan fingerprint density at radius 1 is 1.29 bits per heavy atom. The van der Waals surface area contributed by atoms with E-state index >= 15 is 0 Å². The van der Waals surface area contributed by atoms with Crippen molar-refractivity contribution in [3.63, 3.8) is 0 Å². The van der Waals surface area contributed by atoms with Crippen molar-refractivity contribution in [2.75, 3.05) is 12.9 Å². The van der Waals surface area contributed by atoms with Crippen molar-refractivity contribution in [3.8, 4) is 11.8 Å². The minimum Gasteiger partial charge on any atom is -0.496 e. The summed E-state index contributed by atoms with van der Waals surface area (Å²) in [4.78, 5) is 14.5. The number of nitrogens with zero attached hydrogens (tertiary/aromatic N) is 2. The molecule has 1 fully saturated rings. The number of amides is 1. The van der Waals surface area contributed by atoms with Gasteiger partial charge < -0.3 is 9.84 Å². The van der Waals surface area contributed by atoms with Gasteiger partial charge in [-0.1, -0.05) is 41.9 Å². The topological polar surface area (TPSA) is 73.6 Å². The van der Waals surface area contributed by atoms with E-state index in [0.717, 1.165) is 5.56 Å². The minimum absolute atomic E-state index is 0.0865. The first-order valence-electron chi connectivity index (χ1n) is 8.71. The van der Waals surface area contributed by atoms with Gasteiger partial charge in [0, 0.05) is 28.5 Å². The Balaban J connectivity index is 1.82. The number of ether oxygens (including phenoxy) is 1. The van der Waals surface area contributed by atoms with Gasteiger partial charge in [0.15, 0.2) is 5.72 Å². The number of para-hydroxylation sites is 1. The molecule has 28 heavy (non-hydrogen) atoms. The summed E-state index contributed by atoms with van der Waals surface area (Å²) in [5.74, 6) is 0.255. The van der Waals surface area contributed by atoms with Crippen LogP contribution in [0.25, 0.3) is 0 Å². The number of fused-ring (bicyclic) bond motifs is 1. The SMILES string of the molecule is COc1ccccc1[C@@H]1CC(=O)N2C(=C1C#N)SC[C@@]2(O)c1ccc(Cl)cc1. The predicted molar refractivity (Wildman–Crippen MR) is 108 cm³/mol. The highest BCUT2D eigenvalue weighted by molar-refractivity contribution is 8.03. The highest BCUT2D eigenvalue weighted by atomic mass is 35.5. The van der Waals surface area contributed by atoms with Crippen molar-refractivity contribution < 1.29 is 14.6 Å². The smallest absolute Gasteiger partial charge is 0.231 e. The summed E-state index contributed by atoms with van der Waals surface area (Å²) in [5, 5.41) is 22.3. The Morgan fingerprint density at radius 2 is 2.00 bits per heavy atom. The van der Waals surface area contributed by atoms with Crippen molar-refractivity contribution in [2.24, 2.45) is 0 Å². The van der Waals surface area contributed by atoms with E-state index in [-0.39, 0.29) is 18.1 Å². The molecule has 0 bridgehead atoms. The maximum Gasteiger partial charge on any atom is 0.231 e. The summed E-state index contributed by atoms with van der Waals surface area (Å²) in [7, 11) is 1.57. The van der Waals surface area contributed by atoms with Gasteiger partial charge in [0.1, 0.15) is 5.75 Å². The highest BCUT2D eigenvalue weighted by Gasteiger charge is 2.52. The second kappa shape index (κ2) is 7.17. The molecule has 0 aromatic heterocycles. The molecule has 1 N–H and O–H groups in total. The molecular weight excluding hydrogens is 396 g/mol. The molecule has 0 saturated carbocycles. The monoisotopic (exact) mass is 412 g/mol. The van der Waals surface area contributed by atoms with Crippen LogP contribution in [0.2, 0.25) is 5.02 Å². The molecule has 7 heteroatoms. The number of halogens is 1. The van der Waals surface area contributed by atoms with Crippen molar-refractivity contribution in [1.29, 1.82) is 5.26 Å². The van der Waals surface area contributed by atoms with E-state index in [2.05, 4.69) is 6.07 Å². The van der Waals surface area contributed by atoms with Crippen LogP contribution in [-0.2, 0) is 10.5 Å². The van der Waals surface area contributed by atoms with E-state index in [1.165, 1.54) is 16.7 Å². The second-order valence-corrected chi connectivity index (χ2v) is 8.07. The standard InChI is InChI=1S/C21H17ClN2O3S/c1-27-18-5-3-2-4-15(18)16-10-19(25)24-20(17(16)11-23)28-12-21(24,26)13-6-8-14(22)9-7-13/h2-9,16,26H,10,12H2,1H3/t16-,21+/m0/s1. The Labute approximate surface area is 172 Å². The molecule has 2 atom stereocenters. The molecule has 0 unspecified atom stereocenters. The van der Waals surface area contributed by atoms with Gasteiger partial charge in [0.05, 0.1) is 29.5 Å². The summed E-state index contributed by atoms with van der Waals surface area (Å²) in [6.07, 6.45) is 0.0865. The lowest BCUT2D eigenvalue weighted by Gasteiger charge is -2.38. The van der Waals surface area contributed by atoms with E-state index in [4.69, 9.17) is 16.3 Å². The molecule has 1 saturated heterocycles. The number of carbonyl (C=O) groups is 1. The zero-order valence-electron chi connectivity index (χ0n) is 15.1. The van der Waals surface area contributed by atoms with Crippen LogP contribution in [0.15, 0.2) is 59.1 Å². The average Bonchev–Trinajstić information content (AvgIpc) is 3.07. The third-order valence-corrected chi connectivity index (χ3v) is 6.61. The molecule has 1 amide bonds. The number of carbonyl (C=O) groups excluding carboxylic acids is 1. The maximum atomic E-state index is 13.1. The van der Waals surface area contributed by atoms with Crippen molar-refractivity contribution in [2.45, 2.75) is 18.1 Å². The maximum absolute atomic E-state index is 13.1. The van der Waals surface area contributed by atoms with Crippen LogP contribution in [0, 0.1) is 11.3 Å². The molecule has 0 spiro atoms. The van der Waals surface area contributed by atoms with Crippen LogP contribution < -0.4 is 4.74 Å². The number of aliphatic hydroxyl groups is 1. The van der Waals surface area contributed by atoms with Gasteiger partial charge in [-0.3, -0.25) is 9.69 Å². The summed E-state index contributed by atoms with van der Waals surface area (Å²) in [5.41, 5.74) is 0.333. The molecule has 2 aliphatic heterocycles. The summed E-state index contributed by atoms with van der Waals surface area (Å²) in [6.45, 7) is 0. The molecule has 0 aliphatic carbocycles. The van der Waals surface area contributed by atoms with Crippen molar-refractivity contribution in [1.82, 2.24) is 4.90 Å². The number of hydrogen-bond donors (Lipinski definition) is 1. The van der Waals surface area contributed by atoms with Crippen LogP contribution in [-0.4, -0.2) is 28.8 Å². The van der Waals surface area contributed by atoms with Gasteiger partial charge in [-0.15, -0.1) is 11.8 Å². The van der Waals surface area contributed by atoms with Gasteiger partial charge in [-0.05, 0) is 18.2 Å². The van der Waals surface area contributed by atoms with Crippen molar-refractivity contribution in [3.05, 3.63) is 75.3 Å². The number of benzene rings is 2. The lowest BCUT2D eigenvalue weighted by molar-refractivity contribution is -0.149. The number of nitriles is 1. The number of thioether (sulfide) groups is 1. The fraction of sp³-hybridized carbons (Fsp3) is 0.238. The molecule has 2 heterocycles. The van der Waals surface area contributed by atoms with E-state index in [1.54, 1.807) is 31.4 Å². The summed E-state index contributed by atoms with van der Waals surface area (Å²) in [6, 6.07) is 16.4. The molecule has 142 valence electrons. The van der Waals surface area contributed by atoms with Gasteiger partial charge in [0.25, 0.3) is 0 Å². The van der Waals surface area contributed by atoms with E-state index in [0.29, 0.717) is 26.9 Å². The first-order valence-corrected chi connectivity index (χ1v) is 10.1. The fourth-order valence-electron chi connectivity index (χ4n) is 3.78. The Hall–Kier alpha value is -2.46. The molecule has 2 aromatic carbocycles. The van der Waals surface area contributed by atoms with Gasteiger partial charge >= 0.3 is 0 Å². The Kier molecular flexibility index (Phi) is 4.84. The van der Waals surface area contributed by atoms with Crippen LogP contribution in [0.3, 0.4) is 0 Å². The van der Waals surface area contributed by atoms with E-state index in [9.17, 15) is 15.2 Å². The van der Waals surface area contributed by atoms with Gasteiger partial charge in [-0.2, -0.15) is 5.26 Å². The van der Waals surface area contributed by atoms with Crippen molar-refractivity contribution >= 4 is 29.3 Å². The summed E-state index contributed by atoms with van der Waals surface area (Å²) >= 11 is 7.28. The third kappa shape index (κ3) is 2.87. The predicted octanol–water partition coefficient (Wildman–Crippen LogP) is 3.99. The normalized spacial score (nSPS) is 24.1. The quantitative estimate of drug-likeness (QED) is 0.825. The Bertz CT molecular complexity index is 1020. The third-order valence-electron chi connectivity index (χ3n) is 5.13. The van der Waals surface area contributed by atoms with Gasteiger partial charge in [-0.25, -0.2) is 0 Å². The minimum atomic E-state index is -1.50. The first kappa shape index (κ1) is 18.9. The van der Waals surface area contributed by atoms with Crippen LogP contribution in [0.1, 0.15) is 23.5 Å². The fourth-order valence-corrected chi connectivity index (χ4v) is 5.26. The molecular formula is C21H17ClN2O3S. The molecule has 4 rings (SSSR count). The van der Waals surface area contributed by atoms with Gasteiger partial charge in [0.2, 0.25) is 5.91 Å². The Morgan fingerprint density at radius 3 is 2.68 bits per heavy atom. The molecule has 0 radical (unpaired) electrons. The number of allylic oxidation sites excluding steroid dienone is 1. The van der Waals surface area contributed by atoms with E-state index < -0.39 is 11.6 Å². The number of rotatable bonds is 3. The zero-order valence-corrected chi connectivity index (χ0v) is 16.6. The molecule has 5 nitrogen and oxygen atoms in total. The molecule has 2 aromatic rings. The van der Waals surface area contributed by atoms with Crippen LogP contribution >= 0.6 is 23.4 Å². The number of hydrogen-bond acceptors (Lipinski definition) is 5. The average molecular weight is 413 g/mol. The molecule has 2 aliphatic rings. The van der Waals surface area contributed by atoms with E-state index in [1.807, 2.05) is 24.3 Å². The lowest BCUT2D eigenvalue weighted by Crippen LogP contribution is -2.48. The number of methoxy groups -OCH3 is 1. The van der Waals surface area contributed by atoms with Crippen LogP contribution in [0.4, 0.5) is 0 Å². The summed E-state index contributed by atoms with van der Waals surface area (Å²) < 4.78 is 5.43. The second-order valence-electron chi connectivity index (χ2n) is 6.67. The van der Waals surface area contributed by atoms with Crippen LogP contribution in [0.5, 0.6) is 5.75 Å².